The molecule has 1 heterocycles. The molecule has 5 atom stereocenters. The first-order chi connectivity index (χ1) is 23.4. The van der Waals surface area contributed by atoms with Crippen LogP contribution in [0.2, 0.25) is 0 Å². The number of nitrogens with one attached hydrogen (secondary N) is 3. The van der Waals surface area contributed by atoms with Gasteiger partial charge < -0.3 is 25.6 Å². The molecule has 1 aliphatic heterocycles. The van der Waals surface area contributed by atoms with E-state index in [2.05, 4.69) is 48.5 Å². The van der Waals surface area contributed by atoms with Crippen molar-refractivity contribution in [3.8, 4) is 0 Å². The first kappa shape index (κ1) is 33.8. The van der Waals surface area contributed by atoms with E-state index < -0.39 is 47.4 Å². The van der Waals surface area contributed by atoms with Gasteiger partial charge in [-0.25, -0.2) is 4.79 Å². The molecule has 10 nitrogen and oxygen atoms in total. The van der Waals surface area contributed by atoms with E-state index in [1.165, 1.54) is 25.3 Å². The zero-order valence-electron chi connectivity index (χ0n) is 29.2. The van der Waals surface area contributed by atoms with Crippen LogP contribution in [0.3, 0.4) is 0 Å². The summed E-state index contributed by atoms with van der Waals surface area (Å²) in [5.41, 5.74) is 1.72. The molecule has 1 saturated heterocycles. The third-order valence-electron chi connectivity index (χ3n) is 13.0. The van der Waals surface area contributed by atoms with Crippen molar-refractivity contribution >= 4 is 29.6 Å². The molecule has 264 valence electrons. The van der Waals surface area contributed by atoms with Gasteiger partial charge in [0.25, 0.3) is 5.91 Å². The Bertz CT molecular complexity index is 1480. The molecule has 3 N–H and O–H groups in total. The Morgan fingerprint density at radius 3 is 2.16 bits per heavy atom. The minimum absolute atomic E-state index is 0.0937. The number of ketones is 1. The Hall–Kier alpha value is -3.69. The zero-order valence-corrected chi connectivity index (χ0v) is 29.2. The summed E-state index contributed by atoms with van der Waals surface area (Å²) in [6, 6.07) is 5.44. The lowest BCUT2D eigenvalue weighted by molar-refractivity contribution is -0.145. The number of Topliss-reactive ketones (excluding diaryl/α,β-unsaturated/α-hetero) is 1. The van der Waals surface area contributed by atoms with Crippen LogP contribution in [0.15, 0.2) is 36.9 Å². The Morgan fingerprint density at radius 1 is 0.980 bits per heavy atom. The number of ether oxygens (including phenoxy) is 1. The number of hydrogen-bond acceptors (Lipinski definition) is 6. The van der Waals surface area contributed by atoms with E-state index in [9.17, 15) is 24.0 Å². The average Bonchev–Trinajstić information content (AvgIpc) is 3.41. The van der Waals surface area contributed by atoms with E-state index in [0.29, 0.717) is 50.0 Å². The van der Waals surface area contributed by atoms with Crippen LogP contribution in [-0.4, -0.2) is 71.3 Å². The van der Waals surface area contributed by atoms with Gasteiger partial charge in [-0.3, -0.25) is 19.2 Å². The molecule has 6 aliphatic carbocycles. The summed E-state index contributed by atoms with van der Waals surface area (Å²) in [6.45, 7) is 10.2. The van der Waals surface area contributed by atoms with Crippen LogP contribution >= 0.6 is 0 Å². The van der Waals surface area contributed by atoms with Crippen molar-refractivity contribution in [2.75, 3.05) is 13.1 Å². The Morgan fingerprint density at radius 2 is 1.59 bits per heavy atom. The van der Waals surface area contributed by atoms with Crippen LogP contribution in [-0.2, 0) is 36.8 Å². The monoisotopic (exact) mass is 672 g/mol. The molecule has 4 amide bonds. The van der Waals surface area contributed by atoms with Gasteiger partial charge in [0.15, 0.2) is 0 Å². The molecule has 0 aromatic heterocycles. The van der Waals surface area contributed by atoms with Crippen molar-refractivity contribution < 1.29 is 28.7 Å². The highest BCUT2D eigenvalue weighted by molar-refractivity contribution is 6.38. The van der Waals surface area contributed by atoms with Crippen molar-refractivity contribution in [2.45, 2.75) is 109 Å². The predicted octanol–water partition coefficient (Wildman–Crippen LogP) is 4.10. The number of rotatable bonds is 12. The third-order valence-corrected chi connectivity index (χ3v) is 13.0. The van der Waals surface area contributed by atoms with Gasteiger partial charge in [0.2, 0.25) is 17.6 Å². The summed E-state index contributed by atoms with van der Waals surface area (Å²) in [7, 11) is 0. The first-order valence-electron chi connectivity index (χ1n) is 18.5. The second-order valence-electron chi connectivity index (χ2n) is 16.7. The third kappa shape index (κ3) is 6.29. The molecule has 7 aliphatic rings. The molecule has 6 fully saturated rings. The molecular weight excluding hydrogens is 620 g/mol. The summed E-state index contributed by atoms with van der Waals surface area (Å²) in [4.78, 5) is 70.1. The normalized spacial score (nSPS) is 32.8. The highest BCUT2D eigenvalue weighted by atomic mass is 16.6. The van der Waals surface area contributed by atoms with Crippen LogP contribution < -0.4 is 16.0 Å². The fraction of sp³-hybridized carbons (Fsp3) is 0.667. The minimum atomic E-state index is -1.01. The predicted molar refractivity (Wildman–Crippen MR) is 183 cm³/mol. The van der Waals surface area contributed by atoms with E-state index >= 15 is 0 Å². The van der Waals surface area contributed by atoms with Crippen molar-refractivity contribution in [1.29, 1.82) is 0 Å². The smallest absolute Gasteiger partial charge is 0.408 e. The van der Waals surface area contributed by atoms with E-state index in [4.69, 9.17) is 4.74 Å². The molecule has 0 spiro atoms. The standard InChI is InChI=1S/C39H52N4O6/c1-5-9-29(33(44)35(46)40-12-6-2)41-34(45)32-30-28(38(30,3)4)21-43(32)36(47)31(27-16-25-10-7-8-11-26(25)17-27)42-37(48)49-39-18-22-13-23(19-39)15-24(14-22)20-39/h6-8,10-11,22-24,27-32H,2,5,9,12-21H2,1,3-4H3,(H,40,46)(H,41,45)(H,42,48)/t22?,23?,24?,28-,29?,30-,31?,32-,39?/m0/s1. The number of nitrogens with zero attached hydrogens (tertiary/aromatic N) is 1. The lowest BCUT2D eigenvalue weighted by Crippen LogP contribution is -2.60. The van der Waals surface area contributed by atoms with Gasteiger partial charge in [-0.05, 0) is 110 Å². The van der Waals surface area contributed by atoms with E-state index in [1.54, 1.807) is 4.90 Å². The number of hydrogen-bond donors (Lipinski definition) is 3. The lowest BCUT2D eigenvalue weighted by Gasteiger charge is -2.55. The molecular formula is C39H52N4O6. The Balaban J connectivity index is 1.12. The fourth-order valence-electron chi connectivity index (χ4n) is 10.9. The molecule has 4 bridgehead atoms. The number of likely N-dealkylation sites (tertiary alicyclic amines) is 1. The molecule has 49 heavy (non-hydrogen) atoms. The Labute approximate surface area is 289 Å². The van der Waals surface area contributed by atoms with Crippen LogP contribution in [0, 0.1) is 40.9 Å². The molecule has 8 rings (SSSR count). The van der Waals surface area contributed by atoms with Crippen molar-refractivity contribution in [3.05, 3.63) is 48.0 Å². The van der Waals surface area contributed by atoms with Crippen molar-refractivity contribution in [1.82, 2.24) is 20.9 Å². The second-order valence-corrected chi connectivity index (χ2v) is 16.7. The first-order valence-corrected chi connectivity index (χ1v) is 18.5. The van der Waals surface area contributed by atoms with E-state index in [0.717, 1.165) is 30.4 Å². The summed E-state index contributed by atoms with van der Waals surface area (Å²) in [6.07, 6.45) is 9.49. The van der Waals surface area contributed by atoms with Gasteiger partial charge in [-0.15, -0.1) is 6.58 Å². The van der Waals surface area contributed by atoms with Crippen LogP contribution in [0.1, 0.15) is 83.3 Å². The molecule has 1 aromatic carbocycles. The van der Waals surface area contributed by atoms with Crippen molar-refractivity contribution in [2.24, 2.45) is 40.9 Å². The summed E-state index contributed by atoms with van der Waals surface area (Å²) in [5, 5.41) is 8.45. The van der Waals surface area contributed by atoms with Gasteiger partial charge in [-0.2, -0.15) is 0 Å². The quantitative estimate of drug-likeness (QED) is 0.226. The largest absolute Gasteiger partial charge is 0.443 e. The fourth-order valence-corrected chi connectivity index (χ4v) is 10.9. The topological polar surface area (TPSA) is 134 Å². The number of carbonyl (C=O) groups is 5. The van der Waals surface area contributed by atoms with Gasteiger partial charge in [0.05, 0.1) is 6.04 Å². The number of benzene rings is 1. The lowest BCUT2D eigenvalue weighted by atomic mass is 9.54. The van der Waals surface area contributed by atoms with E-state index in [1.807, 2.05) is 19.1 Å². The molecule has 5 saturated carbocycles. The highest BCUT2D eigenvalue weighted by Crippen LogP contribution is 2.65. The van der Waals surface area contributed by atoms with Crippen LogP contribution in [0.5, 0.6) is 0 Å². The van der Waals surface area contributed by atoms with Gasteiger partial charge in [0.1, 0.15) is 17.7 Å². The minimum Gasteiger partial charge on any atom is -0.443 e. The SMILES string of the molecule is C=CCNC(=O)C(=O)C(CCC)NC(=O)[C@@H]1[C@@H]2[C@H](CN1C(=O)C(NC(=O)OC13CC4CC(CC(C4)C1)C3)C1Cc3ccccc3C1)C2(C)C. The summed E-state index contributed by atoms with van der Waals surface area (Å²) < 4.78 is 6.34. The molecule has 2 unspecified atom stereocenters. The van der Waals surface area contributed by atoms with E-state index in [-0.39, 0.29) is 35.6 Å². The summed E-state index contributed by atoms with van der Waals surface area (Å²) >= 11 is 0. The maximum Gasteiger partial charge on any atom is 0.408 e. The Kier molecular flexibility index (Phi) is 8.89. The van der Waals surface area contributed by atoms with Gasteiger partial charge in [0, 0.05) is 13.1 Å². The van der Waals surface area contributed by atoms with Gasteiger partial charge in [-0.1, -0.05) is 57.5 Å². The van der Waals surface area contributed by atoms with Crippen LogP contribution in [0.4, 0.5) is 4.79 Å². The van der Waals surface area contributed by atoms with Crippen molar-refractivity contribution in [3.63, 3.8) is 0 Å². The number of amides is 4. The molecule has 0 radical (unpaired) electrons. The van der Waals surface area contributed by atoms with Crippen LogP contribution in [0.25, 0.3) is 0 Å². The number of piperidine rings is 1. The molecule has 1 aromatic rings. The molecule has 10 heteroatoms. The maximum atomic E-state index is 14.8. The number of fused-ring (bicyclic) bond motifs is 2. The number of carbonyl (C=O) groups excluding carboxylic acids is 5. The highest BCUT2D eigenvalue weighted by Gasteiger charge is 2.70. The van der Waals surface area contributed by atoms with Gasteiger partial charge >= 0.3 is 6.09 Å². The zero-order chi connectivity index (χ0) is 34.7. The summed E-state index contributed by atoms with van der Waals surface area (Å²) in [5.74, 6) is -0.549. The maximum absolute atomic E-state index is 14.8. The average molecular weight is 673 g/mol. The second kappa shape index (κ2) is 12.9. The number of alkyl carbamates (subject to hydrolysis) is 1.